The predicted octanol–water partition coefficient (Wildman–Crippen LogP) is 0.429. The van der Waals surface area contributed by atoms with Crippen LogP contribution < -0.4 is 0 Å². The Morgan fingerprint density at radius 3 is 2.25 bits per heavy atom. The molecule has 0 amide bonds. The summed E-state index contributed by atoms with van der Waals surface area (Å²) >= 11 is 0. The summed E-state index contributed by atoms with van der Waals surface area (Å²) in [6.45, 7) is 6.87. The monoisotopic (exact) mass is 114 g/mol. The third-order valence-corrected chi connectivity index (χ3v) is 0.733. The molecule has 0 bridgehead atoms. The summed E-state index contributed by atoms with van der Waals surface area (Å²) in [6.07, 6.45) is 0.392. The number of rotatable bonds is 3. The standard InChI is InChI=1S/C6H10O2/c1-3-5(2)4-6(7)8/h3,6-8H,1-2,4H2. The first-order chi connectivity index (χ1) is 3.66. The Hall–Kier alpha value is -0.600. The average Bonchev–Trinajstić information content (AvgIpc) is 1.65. The summed E-state index contributed by atoms with van der Waals surface area (Å²) in [5.74, 6) is 0. The van der Waals surface area contributed by atoms with Crippen LogP contribution in [0.1, 0.15) is 6.42 Å². The molecule has 0 aliphatic carbocycles. The Morgan fingerprint density at radius 2 is 2.12 bits per heavy atom. The van der Waals surface area contributed by atoms with Crippen molar-refractivity contribution in [2.24, 2.45) is 0 Å². The van der Waals surface area contributed by atoms with Crippen molar-refractivity contribution in [1.82, 2.24) is 0 Å². The number of hydrogen-bond donors (Lipinski definition) is 2. The van der Waals surface area contributed by atoms with E-state index in [-0.39, 0.29) is 6.42 Å². The van der Waals surface area contributed by atoms with E-state index in [1.165, 1.54) is 6.08 Å². The highest BCUT2D eigenvalue weighted by atomic mass is 16.5. The van der Waals surface area contributed by atoms with Crippen LogP contribution >= 0.6 is 0 Å². The van der Waals surface area contributed by atoms with Crippen molar-refractivity contribution >= 4 is 0 Å². The predicted molar refractivity (Wildman–Crippen MR) is 32.2 cm³/mol. The molecule has 2 heteroatoms. The van der Waals surface area contributed by atoms with Gasteiger partial charge < -0.3 is 10.2 Å². The summed E-state index contributed by atoms with van der Waals surface area (Å²) < 4.78 is 0. The van der Waals surface area contributed by atoms with Crippen molar-refractivity contribution in [2.75, 3.05) is 0 Å². The second-order valence-electron chi connectivity index (χ2n) is 1.55. The van der Waals surface area contributed by atoms with Crippen molar-refractivity contribution in [3.8, 4) is 0 Å². The van der Waals surface area contributed by atoms with Gasteiger partial charge in [0, 0.05) is 6.42 Å². The van der Waals surface area contributed by atoms with Crippen LogP contribution in [0.25, 0.3) is 0 Å². The minimum Gasteiger partial charge on any atom is -0.368 e. The minimum absolute atomic E-state index is 0.184. The number of aliphatic hydroxyl groups is 2. The molecular formula is C6H10O2. The quantitative estimate of drug-likeness (QED) is 0.412. The first kappa shape index (κ1) is 7.40. The number of aliphatic hydroxyl groups excluding tert-OH is 1. The summed E-state index contributed by atoms with van der Waals surface area (Å²) in [5, 5.41) is 16.6. The fourth-order valence-electron chi connectivity index (χ4n) is 0.318. The van der Waals surface area contributed by atoms with Gasteiger partial charge >= 0.3 is 0 Å². The van der Waals surface area contributed by atoms with Crippen LogP contribution in [0.4, 0.5) is 0 Å². The Balaban J connectivity index is 3.39. The highest BCUT2D eigenvalue weighted by molar-refractivity contribution is 5.10. The van der Waals surface area contributed by atoms with E-state index >= 15 is 0 Å². The van der Waals surface area contributed by atoms with Gasteiger partial charge in [0.25, 0.3) is 0 Å². The van der Waals surface area contributed by atoms with E-state index in [2.05, 4.69) is 13.2 Å². The van der Waals surface area contributed by atoms with E-state index in [0.717, 1.165) is 0 Å². The molecule has 2 nitrogen and oxygen atoms in total. The SMILES string of the molecule is C=CC(=C)CC(O)O. The lowest BCUT2D eigenvalue weighted by molar-refractivity contribution is -0.0374. The normalized spacial score (nSPS) is 9.38. The molecule has 0 unspecified atom stereocenters. The van der Waals surface area contributed by atoms with Gasteiger partial charge in [-0.05, 0) is 0 Å². The van der Waals surface area contributed by atoms with E-state index in [4.69, 9.17) is 10.2 Å². The van der Waals surface area contributed by atoms with E-state index in [0.29, 0.717) is 5.57 Å². The number of allylic oxidation sites excluding steroid dienone is 1. The lowest BCUT2D eigenvalue weighted by Crippen LogP contribution is -2.03. The van der Waals surface area contributed by atoms with Gasteiger partial charge in [-0.2, -0.15) is 0 Å². The molecule has 0 aromatic heterocycles. The molecule has 0 aliphatic rings. The fraction of sp³-hybridized carbons (Fsp3) is 0.333. The van der Waals surface area contributed by atoms with E-state index in [1.807, 2.05) is 0 Å². The van der Waals surface area contributed by atoms with Crippen LogP contribution in [0.15, 0.2) is 24.8 Å². The Morgan fingerprint density at radius 1 is 1.62 bits per heavy atom. The molecule has 0 spiro atoms. The van der Waals surface area contributed by atoms with Crippen molar-refractivity contribution < 1.29 is 10.2 Å². The maximum atomic E-state index is 8.30. The molecule has 0 saturated heterocycles. The molecular weight excluding hydrogens is 104 g/mol. The molecule has 2 N–H and O–H groups in total. The highest BCUT2D eigenvalue weighted by Gasteiger charge is 1.95. The third kappa shape index (κ3) is 3.59. The minimum atomic E-state index is -1.29. The van der Waals surface area contributed by atoms with Gasteiger partial charge in [-0.3, -0.25) is 0 Å². The second-order valence-corrected chi connectivity index (χ2v) is 1.55. The Kier molecular flexibility index (Phi) is 3.15. The molecule has 0 heterocycles. The molecule has 46 valence electrons. The van der Waals surface area contributed by atoms with Gasteiger partial charge in [-0.1, -0.05) is 24.8 Å². The van der Waals surface area contributed by atoms with Crippen LogP contribution in [0.5, 0.6) is 0 Å². The molecule has 0 aromatic rings. The van der Waals surface area contributed by atoms with Crippen molar-refractivity contribution in [3.63, 3.8) is 0 Å². The molecule has 0 fully saturated rings. The van der Waals surface area contributed by atoms with Crippen LogP contribution in [-0.4, -0.2) is 16.5 Å². The molecule has 0 atom stereocenters. The third-order valence-electron chi connectivity index (χ3n) is 0.733. The molecule has 0 radical (unpaired) electrons. The zero-order valence-electron chi connectivity index (χ0n) is 4.67. The summed E-state index contributed by atoms with van der Waals surface area (Å²) in [5.41, 5.74) is 0.639. The van der Waals surface area contributed by atoms with Crippen LogP contribution in [0.3, 0.4) is 0 Å². The molecule has 0 aliphatic heterocycles. The van der Waals surface area contributed by atoms with Gasteiger partial charge in [0.05, 0.1) is 0 Å². The smallest absolute Gasteiger partial charge is 0.155 e. The maximum Gasteiger partial charge on any atom is 0.155 e. The van der Waals surface area contributed by atoms with E-state index in [9.17, 15) is 0 Å². The maximum absolute atomic E-state index is 8.30. The number of hydrogen-bond acceptors (Lipinski definition) is 2. The zero-order chi connectivity index (χ0) is 6.57. The van der Waals surface area contributed by atoms with Crippen LogP contribution in [0, 0.1) is 0 Å². The van der Waals surface area contributed by atoms with Gasteiger partial charge in [-0.15, -0.1) is 0 Å². The van der Waals surface area contributed by atoms with Gasteiger partial charge in [0.2, 0.25) is 0 Å². The molecule has 8 heavy (non-hydrogen) atoms. The van der Waals surface area contributed by atoms with Crippen molar-refractivity contribution in [1.29, 1.82) is 0 Å². The summed E-state index contributed by atoms with van der Waals surface area (Å²) in [7, 11) is 0. The molecule has 0 rings (SSSR count). The first-order valence-corrected chi connectivity index (χ1v) is 2.33. The van der Waals surface area contributed by atoms with Gasteiger partial charge in [0.15, 0.2) is 6.29 Å². The van der Waals surface area contributed by atoms with Crippen LogP contribution in [-0.2, 0) is 0 Å². The van der Waals surface area contributed by atoms with Gasteiger partial charge in [0.1, 0.15) is 0 Å². The van der Waals surface area contributed by atoms with Gasteiger partial charge in [-0.25, -0.2) is 0 Å². The largest absolute Gasteiger partial charge is 0.368 e. The summed E-state index contributed by atoms with van der Waals surface area (Å²) in [4.78, 5) is 0. The van der Waals surface area contributed by atoms with Crippen LogP contribution in [0.2, 0.25) is 0 Å². The lowest BCUT2D eigenvalue weighted by atomic mass is 10.2. The first-order valence-electron chi connectivity index (χ1n) is 2.33. The fourth-order valence-corrected chi connectivity index (χ4v) is 0.318. The van der Waals surface area contributed by atoms with Crippen molar-refractivity contribution in [2.45, 2.75) is 12.7 Å². The average molecular weight is 114 g/mol. The topological polar surface area (TPSA) is 40.5 Å². The Labute approximate surface area is 48.8 Å². The zero-order valence-corrected chi connectivity index (χ0v) is 4.67. The molecule has 0 saturated carbocycles. The van der Waals surface area contributed by atoms with E-state index < -0.39 is 6.29 Å². The van der Waals surface area contributed by atoms with Crippen molar-refractivity contribution in [3.05, 3.63) is 24.8 Å². The van der Waals surface area contributed by atoms with E-state index in [1.54, 1.807) is 0 Å². The second kappa shape index (κ2) is 3.41. The highest BCUT2D eigenvalue weighted by Crippen LogP contribution is 1.99. The summed E-state index contributed by atoms with van der Waals surface area (Å²) in [6, 6.07) is 0. The molecule has 0 aromatic carbocycles. The Bertz CT molecular complexity index is 94.7. The lowest BCUT2D eigenvalue weighted by Gasteiger charge is -1.99.